The van der Waals surface area contributed by atoms with E-state index in [1.54, 1.807) is 6.20 Å². The number of hydrazine groups is 1. The lowest BCUT2D eigenvalue weighted by atomic mass is 10.1. The molecule has 0 aliphatic heterocycles. The van der Waals surface area contributed by atoms with Gasteiger partial charge >= 0.3 is 0 Å². The maximum absolute atomic E-state index is 5.85. The van der Waals surface area contributed by atoms with Crippen LogP contribution >= 0.6 is 0 Å². The SMILES string of the molecule is Cc1cc(C(NN)c2cc3ccccc3o2)ccn1. The summed E-state index contributed by atoms with van der Waals surface area (Å²) < 4.78 is 5.85. The third-order valence-electron chi connectivity index (χ3n) is 3.15. The lowest BCUT2D eigenvalue weighted by molar-refractivity contribution is 0.477. The molecule has 2 heterocycles. The lowest BCUT2D eigenvalue weighted by Gasteiger charge is -2.13. The number of aryl methyl sites for hydroxylation is 1. The average molecular weight is 253 g/mol. The molecular weight excluding hydrogens is 238 g/mol. The Morgan fingerprint density at radius 1 is 1.21 bits per heavy atom. The summed E-state index contributed by atoms with van der Waals surface area (Å²) in [4.78, 5) is 4.19. The summed E-state index contributed by atoms with van der Waals surface area (Å²) in [6.45, 7) is 1.95. The molecule has 0 aliphatic carbocycles. The van der Waals surface area contributed by atoms with Crippen LogP contribution in [0.5, 0.6) is 0 Å². The van der Waals surface area contributed by atoms with Gasteiger partial charge in [-0.05, 0) is 36.8 Å². The van der Waals surface area contributed by atoms with Crippen LogP contribution in [0.1, 0.15) is 23.1 Å². The predicted molar refractivity (Wildman–Crippen MR) is 74.4 cm³/mol. The van der Waals surface area contributed by atoms with Gasteiger partial charge in [-0.3, -0.25) is 10.8 Å². The zero-order valence-corrected chi connectivity index (χ0v) is 10.6. The second-order valence-corrected chi connectivity index (χ2v) is 4.52. The van der Waals surface area contributed by atoms with Gasteiger partial charge in [-0.1, -0.05) is 18.2 Å². The number of fused-ring (bicyclic) bond motifs is 1. The molecule has 3 aromatic rings. The first kappa shape index (κ1) is 11.9. The Kier molecular flexibility index (Phi) is 3.03. The Labute approximate surface area is 111 Å². The minimum atomic E-state index is -0.172. The first-order chi connectivity index (χ1) is 9.28. The molecule has 0 saturated heterocycles. The van der Waals surface area contributed by atoms with Gasteiger partial charge < -0.3 is 4.42 Å². The number of nitrogens with one attached hydrogen (secondary N) is 1. The van der Waals surface area contributed by atoms with Crippen molar-refractivity contribution >= 4 is 11.0 Å². The minimum absolute atomic E-state index is 0.172. The quantitative estimate of drug-likeness (QED) is 0.556. The van der Waals surface area contributed by atoms with Crippen molar-refractivity contribution in [3.05, 3.63) is 65.7 Å². The van der Waals surface area contributed by atoms with Gasteiger partial charge in [-0.2, -0.15) is 0 Å². The van der Waals surface area contributed by atoms with Crippen molar-refractivity contribution in [3.63, 3.8) is 0 Å². The Hall–Kier alpha value is -2.17. The van der Waals surface area contributed by atoms with E-state index in [2.05, 4.69) is 10.4 Å². The molecule has 3 N–H and O–H groups in total. The smallest absolute Gasteiger partial charge is 0.134 e. The van der Waals surface area contributed by atoms with Crippen LogP contribution in [0.3, 0.4) is 0 Å². The Morgan fingerprint density at radius 2 is 2.05 bits per heavy atom. The van der Waals surface area contributed by atoms with Crippen molar-refractivity contribution in [1.29, 1.82) is 0 Å². The number of aromatic nitrogens is 1. The molecule has 4 nitrogen and oxygen atoms in total. The molecule has 0 amide bonds. The summed E-state index contributed by atoms with van der Waals surface area (Å²) in [5.41, 5.74) is 5.65. The minimum Gasteiger partial charge on any atom is -0.459 e. The summed E-state index contributed by atoms with van der Waals surface area (Å²) in [6.07, 6.45) is 1.78. The fraction of sp³-hybridized carbons (Fsp3) is 0.133. The maximum atomic E-state index is 5.85. The van der Waals surface area contributed by atoms with Crippen LogP contribution in [0.25, 0.3) is 11.0 Å². The Bertz CT molecular complexity index is 672. The molecule has 3 rings (SSSR count). The van der Waals surface area contributed by atoms with E-state index >= 15 is 0 Å². The average Bonchev–Trinajstić information content (AvgIpc) is 2.83. The summed E-state index contributed by atoms with van der Waals surface area (Å²) in [7, 11) is 0. The zero-order valence-electron chi connectivity index (χ0n) is 10.6. The molecule has 2 aromatic heterocycles. The highest BCUT2D eigenvalue weighted by atomic mass is 16.3. The molecule has 4 heteroatoms. The molecule has 0 fully saturated rings. The lowest BCUT2D eigenvalue weighted by Crippen LogP contribution is -2.28. The van der Waals surface area contributed by atoms with Gasteiger partial charge in [-0.25, -0.2) is 5.43 Å². The van der Waals surface area contributed by atoms with Gasteiger partial charge in [0.2, 0.25) is 0 Å². The third-order valence-corrected chi connectivity index (χ3v) is 3.15. The number of hydrogen-bond donors (Lipinski definition) is 2. The van der Waals surface area contributed by atoms with E-state index in [1.165, 1.54) is 0 Å². The van der Waals surface area contributed by atoms with Gasteiger partial charge in [0.25, 0.3) is 0 Å². The number of para-hydroxylation sites is 1. The van der Waals surface area contributed by atoms with Crippen LogP contribution in [0.4, 0.5) is 0 Å². The molecule has 0 aliphatic rings. The molecule has 0 saturated carbocycles. The topological polar surface area (TPSA) is 64.1 Å². The molecule has 19 heavy (non-hydrogen) atoms. The van der Waals surface area contributed by atoms with Crippen LogP contribution in [-0.2, 0) is 0 Å². The summed E-state index contributed by atoms with van der Waals surface area (Å²) in [5, 5.41) is 1.07. The van der Waals surface area contributed by atoms with E-state index in [9.17, 15) is 0 Å². The Morgan fingerprint density at radius 3 is 2.79 bits per heavy atom. The van der Waals surface area contributed by atoms with Crippen molar-refractivity contribution in [1.82, 2.24) is 10.4 Å². The number of benzene rings is 1. The zero-order chi connectivity index (χ0) is 13.2. The number of rotatable bonds is 3. The summed E-state index contributed by atoms with van der Waals surface area (Å²) in [6, 6.07) is 13.7. The molecule has 0 bridgehead atoms. The van der Waals surface area contributed by atoms with E-state index in [-0.39, 0.29) is 6.04 Å². The molecular formula is C15H15N3O. The highest BCUT2D eigenvalue weighted by Gasteiger charge is 2.17. The highest BCUT2D eigenvalue weighted by molar-refractivity contribution is 5.77. The summed E-state index contributed by atoms with van der Waals surface area (Å²) in [5.74, 6) is 6.48. The number of nitrogens with zero attached hydrogens (tertiary/aromatic N) is 1. The number of nitrogens with two attached hydrogens (primary N) is 1. The normalized spacial score (nSPS) is 12.7. The molecule has 1 unspecified atom stereocenters. The van der Waals surface area contributed by atoms with E-state index < -0.39 is 0 Å². The van der Waals surface area contributed by atoms with E-state index in [0.29, 0.717) is 0 Å². The van der Waals surface area contributed by atoms with Gasteiger partial charge in [0.15, 0.2) is 0 Å². The standard InChI is InChI=1S/C15H15N3O/c1-10-8-12(6-7-17-10)15(18-16)14-9-11-4-2-3-5-13(11)19-14/h2-9,15,18H,16H2,1H3. The van der Waals surface area contributed by atoms with Gasteiger partial charge in [-0.15, -0.1) is 0 Å². The number of furan rings is 1. The van der Waals surface area contributed by atoms with Crippen molar-refractivity contribution in [2.75, 3.05) is 0 Å². The second-order valence-electron chi connectivity index (χ2n) is 4.52. The van der Waals surface area contributed by atoms with E-state index in [1.807, 2.05) is 49.4 Å². The van der Waals surface area contributed by atoms with Crippen LogP contribution in [-0.4, -0.2) is 4.98 Å². The largest absolute Gasteiger partial charge is 0.459 e. The van der Waals surface area contributed by atoms with E-state index in [4.69, 9.17) is 10.3 Å². The number of pyridine rings is 1. The molecule has 0 radical (unpaired) electrons. The molecule has 1 atom stereocenters. The highest BCUT2D eigenvalue weighted by Crippen LogP contribution is 2.27. The van der Waals surface area contributed by atoms with Crippen molar-refractivity contribution in [3.8, 4) is 0 Å². The molecule has 0 spiro atoms. The second kappa shape index (κ2) is 4.84. The Balaban J connectivity index is 2.06. The third kappa shape index (κ3) is 2.23. The van der Waals surface area contributed by atoms with Crippen molar-refractivity contribution < 1.29 is 4.42 Å². The first-order valence-electron chi connectivity index (χ1n) is 6.15. The fourth-order valence-electron chi connectivity index (χ4n) is 2.23. The van der Waals surface area contributed by atoms with Crippen molar-refractivity contribution in [2.24, 2.45) is 5.84 Å². The molecule has 1 aromatic carbocycles. The van der Waals surface area contributed by atoms with Crippen LogP contribution in [0.15, 0.2) is 53.1 Å². The number of hydrogen-bond acceptors (Lipinski definition) is 4. The van der Waals surface area contributed by atoms with Gasteiger partial charge in [0.05, 0.1) is 0 Å². The first-order valence-corrected chi connectivity index (χ1v) is 6.15. The van der Waals surface area contributed by atoms with Gasteiger partial charge in [0.1, 0.15) is 17.4 Å². The maximum Gasteiger partial charge on any atom is 0.134 e. The van der Waals surface area contributed by atoms with Crippen LogP contribution < -0.4 is 11.3 Å². The predicted octanol–water partition coefficient (Wildman–Crippen LogP) is 2.69. The van der Waals surface area contributed by atoms with Crippen molar-refractivity contribution in [2.45, 2.75) is 13.0 Å². The molecule has 96 valence electrons. The van der Waals surface area contributed by atoms with Crippen LogP contribution in [0, 0.1) is 6.92 Å². The van der Waals surface area contributed by atoms with E-state index in [0.717, 1.165) is 28.0 Å². The summed E-state index contributed by atoms with van der Waals surface area (Å²) >= 11 is 0. The fourth-order valence-corrected chi connectivity index (χ4v) is 2.23. The van der Waals surface area contributed by atoms with Gasteiger partial charge in [0, 0.05) is 17.3 Å². The monoisotopic (exact) mass is 253 g/mol. The van der Waals surface area contributed by atoms with Crippen LogP contribution in [0.2, 0.25) is 0 Å².